The third-order valence-electron chi connectivity index (χ3n) is 1.67. The lowest BCUT2D eigenvalue weighted by Gasteiger charge is -2.17. The SMILES string of the molecule is CCCC(=O)NCCC(C)(C)C. The molecule has 2 heteroatoms. The molecule has 0 saturated heterocycles. The van der Waals surface area contributed by atoms with Crippen molar-refractivity contribution in [3.8, 4) is 0 Å². The van der Waals surface area contributed by atoms with Crippen LogP contribution in [0.1, 0.15) is 47.0 Å². The van der Waals surface area contributed by atoms with Crippen LogP contribution in [0.3, 0.4) is 0 Å². The molecule has 0 fully saturated rings. The number of carbonyl (C=O) groups is 1. The summed E-state index contributed by atoms with van der Waals surface area (Å²) in [7, 11) is 0. The average Bonchev–Trinajstić information content (AvgIpc) is 1.84. The van der Waals surface area contributed by atoms with Crippen molar-refractivity contribution in [2.45, 2.75) is 47.0 Å². The quantitative estimate of drug-likeness (QED) is 0.691. The lowest BCUT2D eigenvalue weighted by atomic mass is 9.92. The van der Waals surface area contributed by atoms with Gasteiger partial charge in [-0.25, -0.2) is 0 Å². The minimum atomic E-state index is 0.182. The highest BCUT2D eigenvalue weighted by molar-refractivity contribution is 5.75. The van der Waals surface area contributed by atoms with E-state index < -0.39 is 0 Å². The molecule has 0 aliphatic rings. The fourth-order valence-electron chi connectivity index (χ4n) is 0.892. The average molecular weight is 171 g/mol. The molecule has 1 N–H and O–H groups in total. The van der Waals surface area contributed by atoms with Crippen molar-refractivity contribution in [1.29, 1.82) is 0 Å². The van der Waals surface area contributed by atoms with Gasteiger partial charge in [-0.1, -0.05) is 27.7 Å². The standard InChI is InChI=1S/C10H21NO/c1-5-6-9(12)11-8-7-10(2,3)4/h5-8H2,1-4H3,(H,11,12). The predicted octanol–water partition coefficient (Wildman–Crippen LogP) is 2.34. The van der Waals surface area contributed by atoms with Crippen LogP contribution in [0.15, 0.2) is 0 Å². The molecule has 0 saturated carbocycles. The van der Waals surface area contributed by atoms with Crippen LogP contribution >= 0.6 is 0 Å². The molecule has 0 atom stereocenters. The zero-order chi connectivity index (χ0) is 9.61. The molecule has 12 heavy (non-hydrogen) atoms. The van der Waals surface area contributed by atoms with Crippen molar-refractivity contribution in [1.82, 2.24) is 5.32 Å². The Morgan fingerprint density at radius 1 is 1.33 bits per heavy atom. The second kappa shape index (κ2) is 5.18. The van der Waals surface area contributed by atoms with Crippen LogP contribution in [0.4, 0.5) is 0 Å². The van der Waals surface area contributed by atoms with Gasteiger partial charge in [0.15, 0.2) is 0 Å². The van der Waals surface area contributed by atoms with E-state index in [1.54, 1.807) is 0 Å². The Bertz CT molecular complexity index is 135. The highest BCUT2D eigenvalue weighted by atomic mass is 16.1. The molecular weight excluding hydrogens is 150 g/mol. The molecule has 0 rings (SSSR count). The summed E-state index contributed by atoms with van der Waals surface area (Å²) in [6.45, 7) is 9.36. The van der Waals surface area contributed by atoms with E-state index in [-0.39, 0.29) is 5.91 Å². The zero-order valence-corrected chi connectivity index (χ0v) is 8.74. The fourth-order valence-corrected chi connectivity index (χ4v) is 0.892. The van der Waals surface area contributed by atoms with Crippen LogP contribution in [0.2, 0.25) is 0 Å². The van der Waals surface area contributed by atoms with Crippen LogP contribution in [0, 0.1) is 5.41 Å². The van der Waals surface area contributed by atoms with Gasteiger partial charge in [-0.05, 0) is 18.3 Å². The number of amides is 1. The third kappa shape index (κ3) is 7.58. The largest absolute Gasteiger partial charge is 0.356 e. The van der Waals surface area contributed by atoms with Gasteiger partial charge in [0.05, 0.1) is 0 Å². The number of carbonyl (C=O) groups excluding carboxylic acids is 1. The first-order valence-electron chi connectivity index (χ1n) is 4.72. The lowest BCUT2D eigenvalue weighted by Crippen LogP contribution is -2.26. The summed E-state index contributed by atoms with van der Waals surface area (Å²) in [4.78, 5) is 11.0. The molecule has 0 unspecified atom stereocenters. The van der Waals surface area contributed by atoms with Gasteiger partial charge in [0, 0.05) is 13.0 Å². The van der Waals surface area contributed by atoms with Crippen molar-refractivity contribution in [3.63, 3.8) is 0 Å². The van der Waals surface area contributed by atoms with Gasteiger partial charge in [0.25, 0.3) is 0 Å². The van der Waals surface area contributed by atoms with Crippen LogP contribution in [0.25, 0.3) is 0 Å². The van der Waals surface area contributed by atoms with Crippen molar-refractivity contribution in [3.05, 3.63) is 0 Å². The number of hydrogen-bond acceptors (Lipinski definition) is 1. The molecule has 0 radical (unpaired) electrons. The monoisotopic (exact) mass is 171 g/mol. The summed E-state index contributed by atoms with van der Waals surface area (Å²) in [6.07, 6.45) is 2.63. The Labute approximate surface area is 75.7 Å². The Morgan fingerprint density at radius 2 is 1.92 bits per heavy atom. The third-order valence-corrected chi connectivity index (χ3v) is 1.67. The molecular formula is C10H21NO. The highest BCUT2D eigenvalue weighted by Gasteiger charge is 2.09. The molecule has 72 valence electrons. The Balaban J connectivity index is 3.37. The van der Waals surface area contributed by atoms with Crippen molar-refractivity contribution >= 4 is 5.91 Å². The lowest BCUT2D eigenvalue weighted by molar-refractivity contribution is -0.121. The van der Waals surface area contributed by atoms with Crippen LogP contribution in [0.5, 0.6) is 0 Å². The maximum absolute atomic E-state index is 11.0. The Hall–Kier alpha value is -0.530. The van der Waals surface area contributed by atoms with Gasteiger partial charge in [0.2, 0.25) is 5.91 Å². The van der Waals surface area contributed by atoms with Crippen LogP contribution in [-0.2, 0) is 4.79 Å². The molecule has 0 aliphatic carbocycles. The van der Waals surface area contributed by atoms with E-state index in [2.05, 4.69) is 26.1 Å². The summed E-state index contributed by atoms with van der Waals surface area (Å²) >= 11 is 0. The maximum Gasteiger partial charge on any atom is 0.219 e. The van der Waals surface area contributed by atoms with Crippen molar-refractivity contribution in [2.75, 3.05) is 6.54 Å². The van der Waals surface area contributed by atoms with E-state index >= 15 is 0 Å². The first kappa shape index (κ1) is 11.5. The Kier molecular flexibility index (Phi) is 4.95. The minimum Gasteiger partial charge on any atom is -0.356 e. The first-order chi connectivity index (χ1) is 5.45. The molecule has 0 bridgehead atoms. The minimum absolute atomic E-state index is 0.182. The van der Waals surface area contributed by atoms with Gasteiger partial charge in [-0.2, -0.15) is 0 Å². The molecule has 0 aromatic carbocycles. The predicted molar refractivity (Wildman–Crippen MR) is 52.0 cm³/mol. The summed E-state index contributed by atoms with van der Waals surface area (Å²) in [5.74, 6) is 0.182. The molecule has 0 aliphatic heterocycles. The molecule has 0 heterocycles. The molecule has 1 amide bonds. The Morgan fingerprint density at radius 3 is 2.33 bits per heavy atom. The second-order valence-electron chi connectivity index (χ2n) is 4.41. The number of hydrogen-bond donors (Lipinski definition) is 1. The summed E-state index contributed by atoms with van der Waals surface area (Å²) in [5.41, 5.74) is 0.319. The van der Waals surface area contributed by atoms with Crippen molar-refractivity contribution in [2.24, 2.45) is 5.41 Å². The smallest absolute Gasteiger partial charge is 0.219 e. The van der Waals surface area contributed by atoms with Gasteiger partial charge in [0.1, 0.15) is 0 Å². The van der Waals surface area contributed by atoms with Crippen LogP contribution in [-0.4, -0.2) is 12.5 Å². The molecule has 0 aromatic rings. The van der Waals surface area contributed by atoms with E-state index in [1.807, 2.05) is 6.92 Å². The van der Waals surface area contributed by atoms with Gasteiger partial charge >= 0.3 is 0 Å². The van der Waals surface area contributed by atoms with Gasteiger partial charge in [-0.15, -0.1) is 0 Å². The van der Waals surface area contributed by atoms with Crippen LogP contribution < -0.4 is 5.32 Å². The van der Waals surface area contributed by atoms with Crippen molar-refractivity contribution < 1.29 is 4.79 Å². The molecule has 2 nitrogen and oxygen atoms in total. The van der Waals surface area contributed by atoms with E-state index in [9.17, 15) is 4.79 Å². The highest BCUT2D eigenvalue weighted by Crippen LogP contribution is 2.16. The summed E-state index contributed by atoms with van der Waals surface area (Å²) in [6, 6.07) is 0. The number of nitrogens with one attached hydrogen (secondary N) is 1. The topological polar surface area (TPSA) is 29.1 Å². The summed E-state index contributed by atoms with van der Waals surface area (Å²) < 4.78 is 0. The second-order valence-corrected chi connectivity index (χ2v) is 4.41. The summed E-state index contributed by atoms with van der Waals surface area (Å²) in [5, 5.41) is 2.90. The normalized spacial score (nSPS) is 11.3. The van der Waals surface area contributed by atoms with E-state index in [1.165, 1.54) is 0 Å². The zero-order valence-electron chi connectivity index (χ0n) is 8.74. The van der Waals surface area contributed by atoms with E-state index in [0.29, 0.717) is 11.8 Å². The van der Waals surface area contributed by atoms with E-state index in [0.717, 1.165) is 19.4 Å². The van der Waals surface area contributed by atoms with E-state index in [4.69, 9.17) is 0 Å². The maximum atomic E-state index is 11.0. The number of rotatable bonds is 4. The molecule has 0 aromatic heterocycles. The molecule has 0 spiro atoms. The van der Waals surface area contributed by atoms with Gasteiger partial charge in [-0.3, -0.25) is 4.79 Å². The first-order valence-corrected chi connectivity index (χ1v) is 4.72. The fraction of sp³-hybridized carbons (Fsp3) is 0.900. The van der Waals surface area contributed by atoms with Gasteiger partial charge < -0.3 is 5.32 Å².